The van der Waals surface area contributed by atoms with Gasteiger partial charge in [0.25, 0.3) is 10.1 Å². The number of phenolic OH excluding ortho intramolecular Hbond substituents is 1. The Morgan fingerprint density at radius 2 is 1.71 bits per heavy atom. The summed E-state index contributed by atoms with van der Waals surface area (Å²) in [5.41, 5.74) is 8.87. The van der Waals surface area contributed by atoms with E-state index in [1.54, 1.807) is 24.3 Å². The Morgan fingerprint density at radius 3 is 2.46 bits per heavy atom. The molecule has 1 aliphatic carbocycles. The molecule has 0 atom stereocenters. The Labute approximate surface area is 162 Å². The van der Waals surface area contributed by atoms with Gasteiger partial charge in [-0.1, -0.05) is 18.2 Å². The van der Waals surface area contributed by atoms with Crippen LogP contribution >= 0.6 is 0 Å². The number of nitrogens with two attached hydrogens (primary N) is 1. The normalized spacial score (nSPS) is 14.5. The summed E-state index contributed by atoms with van der Waals surface area (Å²) in [6.07, 6.45) is 4.28. The van der Waals surface area contributed by atoms with Crippen molar-refractivity contribution in [3.8, 4) is 5.75 Å². The Balaban J connectivity index is 1.86. The monoisotopic (exact) mass is 397 g/mol. The number of azo groups is 1. The highest BCUT2D eigenvalue weighted by atomic mass is 32.2. The topological polar surface area (TPSA) is 125 Å². The molecule has 4 N–H and O–H groups in total. The number of aryl methyl sites for hydroxylation is 2. The second-order valence-corrected chi connectivity index (χ2v) is 8.24. The maximum Gasteiger partial charge on any atom is 0.296 e. The van der Waals surface area contributed by atoms with Gasteiger partial charge in [-0.15, -0.1) is 5.11 Å². The van der Waals surface area contributed by atoms with Crippen molar-refractivity contribution in [3.63, 3.8) is 0 Å². The summed E-state index contributed by atoms with van der Waals surface area (Å²) in [5.74, 6) is -0.440. The van der Waals surface area contributed by atoms with E-state index in [2.05, 4.69) is 10.2 Å². The first-order valence-corrected chi connectivity index (χ1v) is 10.3. The molecule has 0 aromatic heterocycles. The Kier molecular flexibility index (Phi) is 4.52. The minimum absolute atomic E-state index is 0.259. The maximum atomic E-state index is 11.8. The summed E-state index contributed by atoms with van der Waals surface area (Å²) in [4.78, 5) is -0.523. The standard InChI is InChI=1S/C20H19N3O4S/c21-16-7-3-6-14-11-17(28(25,26)27)19(20(24)18(14)16)23-22-15-9-8-12-4-1-2-5-13(12)10-15/h3,6-11,24H,1-2,4-5,21H2,(H,25,26,27). The van der Waals surface area contributed by atoms with Crippen LogP contribution in [0, 0.1) is 0 Å². The fourth-order valence-corrected chi connectivity index (χ4v) is 4.27. The second-order valence-electron chi connectivity index (χ2n) is 6.85. The number of phenols is 1. The van der Waals surface area contributed by atoms with E-state index in [0.29, 0.717) is 11.1 Å². The van der Waals surface area contributed by atoms with Gasteiger partial charge in [-0.2, -0.15) is 13.5 Å². The smallest absolute Gasteiger partial charge is 0.296 e. The van der Waals surface area contributed by atoms with Crippen molar-refractivity contribution in [2.75, 3.05) is 5.73 Å². The summed E-state index contributed by atoms with van der Waals surface area (Å²) in [6.45, 7) is 0. The molecule has 0 bridgehead atoms. The number of benzene rings is 3. The quantitative estimate of drug-likeness (QED) is 0.336. The molecule has 3 aromatic carbocycles. The third-order valence-corrected chi connectivity index (χ3v) is 5.85. The van der Waals surface area contributed by atoms with E-state index in [0.717, 1.165) is 25.7 Å². The minimum atomic E-state index is -4.63. The third kappa shape index (κ3) is 3.32. The van der Waals surface area contributed by atoms with Crippen LogP contribution < -0.4 is 5.73 Å². The molecule has 0 amide bonds. The molecule has 28 heavy (non-hydrogen) atoms. The largest absolute Gasteiger partial charge is 0.505 e. The summed E-state index contributed by atoms with van der Waals surface area (Å²) in [5, 5.41) is 19.3. The van der Waals surface area contributed by atoms with Gasteiger partial charge in [-0.25, -0.2) is 0 Å². The molecule has 0 radical (unpaired) electrons. The zero-order chi connectivity index (χ0) is 19.9. The van der Waals surface area contributed by atoms with Crippen LogP contribution in [0.4, 0.5) is 17.1 Å². The molecular formula is C20H19N3O4S. The predicted octanol–water partition coefficient (Wildman–Crippen LogP) is 4.67. The lowest BCUT2D eigenvalue weighted by molar-refractivity contribution is 0.472. The number of fused-ring (bicyclic) bond motifs is 2. The van der Waals surface area contributed by atoms with Gasteiger partial charge in [0.2, 0.25) is 0 Å². The van der Waals surface area contributed by atoms with Crippen LogP contribution in [0.2, 0.25) is 0 Å². The Morgan fingerprint density at radius 1 is 0.964 bits per heavy atom. The zero-order valence-electron chi connectivity index (χ0n) is 15.0. The summed E-state index contributed by atoms with van der Waals surface area (Å²) in [7, 11) is -4.63. The average Bonchev–Trinajstić information content (AvgIpc) is 2.66. The van der Waals surface area contributed by atoms with E-state index < -0.39 is 20.8 Å². The lowest BCUT2D eigenvalue weighted by Crippen LogP contribution is -2.01. The molecule has 0 saturated carbocycles. The van der Waals surface area contributed by atoms with Crippen molar-refractivity contribution in [2.24, 2.45) is 10.2 Å². The number of rotatable bonds is 3. The van der Waals surface area contributed by atoms with Crippen molar-refractivity contribution in [1.29, 1.82) is 0 Å². The van der Waals surface area contributed by atoms with Crippen LogP contribution in [-0.4, -0.2) is 18.1 Å². The number of anilines is 1. The molecule has 3 aromatic rings. The second kappa shape index (κ2) is 6.88. The average molecular weight is 397 g/mol. The van der Waals surface area contributed by atoms with Gasteiger partial charge in [0.1, 0.15) is 10.6 Å². The van der Waals surface area contributed by atoms with Gasteiger partial charge >= 0.3 is 0 Å². The zero-order valence-corrected chi connectivity index (χ0v) is 15.8. The van der Waals surface area contributed by atoms with Gasteiger partial charge in [0.05, 0.1) is 5.69 Å². The van der Waals surface area contributed by atoms with Crippen LogP contribution in [0.5, 0.6) is 5.75 Å². The van der Waals surface area contributed by atoms with Gasteiger partial charge < -0.3 is 10.8 Å². The highest BCUT2D eigenvalue weighted by Crippen LogP contribution is 2.43. The van der Waals surface area contributed by atoms with E-state index >= 15 is 0 Å². The first-order chi connectivity index (χ1) is 13.3. The van der Waals surface area contributed by atoms with Crippen LogP contribution in [0.15, 0.2) is 57.6 Å². The SMILES string of the molecule is Nc1cccc2cc(S(=O)(=O)O)c(N=Nc3ccc4c(c3)CCCC4)c(O)c12. The van der Waals surface area contributed by atoms with Crippen molar-refractivity contribution in [2.45, 2.75) is 30.6 Å². The van der Waals surface area contributed by atoms with E-state index in [9.17, 15) is 18.1 Å². The number of hydrogen-bond acceptors (Lipinski definition) is 6. The van der Waals surface area contributed by atoms with Crippen LogP contribution in [0.25, 0.3) is 10.8 Å². The Hall–Kier alpha value is -2.97. The van der Waals surface area contributed by atoms with E-state index in [1.807, 2.05) is 12.1 Å². The molecule has 0 aliphatic heterocycles. The molecule has 4 rings (SSSR count). The molecule has 0 fully saturated rings. The molecule has 1 aliphatic rings. The van der Waals surface area contributed by atoms with Crippen LogP contribution in [-0.2, 0) is 23.0 Å². The number of nitrogen functional groups attached to an aromatic ring is 1. The fraction of sp³-hybridized carbons (Fsp3) is 0.200. The predicted molar refractivity (Wildman–Crippen MR) is 107 cm³/mol. The van der Waals surface area contributed by atoms with Gasteiger partial charge in [0.15, 0.2) is 5.75 Å². The first-order valence-electron chi connectivity index (χ1n) is 8.90. The lowest BCUT2D eigenvalue weighted by atomic mass is 9.91. The molecule has 0 unspecified atom stereocenters. The lowest BCUT2D eigenvalue weighted by Gasteiger charge is -2.15. The third-order valence-electron chi connectivity index (χ3n) is 4.99. The van der Waals surface area contributed by atoms with Gasteiger partial charge in [-0.05, 0) is 66.5 Å². The minimum Gasteiger partial charge on any atom is -0.505 e. The highest BCUT2D eigenvalue weighted by molar-refractivity contribution is 7.86. The number of hydrogen-bond donors (Lipinski definition) is 3. The molecule has 0 spiro atoms. The first kappa shape index (κ1) is 18.4. The molecule has 7 nitrogen and oxygen atoms in total. The summed E-state index contributed by atoms with van der Waals surface area (Å²) in [6, 6.07) is 11.7. The molecule has 0 saturated heterocycles. The van der Waals surface area contributed by atoms with E-state index in [1.165, 1.54) is 17.2 Å². The molecule has 144 valence electrons. The van der Waals surface area contributed by atoms with Gasteiger partial charge in [0, 0.05) is 11.1 Å². The van der Waals surface area contributed by atoms with Crippen molar-refractivity contribution < 1.29 is 18.1 Å². The van der Waals surface area contributed by atoms with Crippen LogP contribution in [0.1, 0.15) is 24.0 Å². The summed E-state index contributed by atoms with van der Waals surface area (Å²) < 4.78 is 33.3. The van der Waals surface area contributed by atoms with Crippen LogP contribution in [0.3, 0.4) is 0 Å². The van der Waals surface area contributed by atoms with Crippen molar-refractivity contribution in [3.05, 3.63) is 53.6 Å². The van der Waals surface area contributed by atoms with Crippen molar-refractivity contribution >= 4 is 38.0 Å². The molecular weight excluding hydrogens is 378 g/mol. The van der Waals surface area contributed by atoms with Crippen molar-refractivity contribution in [1.82, 2.24) is 0 Å². The number of nitrogens with zero attached hydrogens (tertiary/aromatic N) is 2. The van der Waals surface area contributed by atoms with E-state index in [-0.39, 0.29) is 16.8 Å². The van der Waals surface area contributed by atoms with E-state index in [4.69, 9.17) is 5.73 Å². The Bertz CT molecular complexity index is 1220. The molecule has 8 heteroatoms. The maximum absolute atomic E-state index is 11.8. The summed E-state index contributed by atoms with van der Waals surface area (Å²) >= 11 is 0. The fourth-order valence-electron chi connectivity index (χ4n) is 3.61. The highest BCUT2D eigenvalue weighted by Gasteiger charge is 2.23. The number of aromatic hydroxyl groups is 1. The van der Waals surface area contributed by atoms with Gasteiger partial charge in [-0.3, -0.25) is 4.55 Å². The molecule has 0 heterocycles.